The SMILES string of the molecule is O=C(O)c1ccc(COc2c(Cl)cc(/C=N/NC(=O)c3cc4cc(Br)ccc4o3)cc2Cl)cc1. The number of benzene rings is 3. The van der Waals surface area contributed by atoms with E-state index in [4.69, 9.17) is 37.5 Å². The zero-order chi connectivity index (χ0) is 24.2. The molecule has 0 spiro atoms. The second-order valence-electron chi connectivity index (χ2n) is 7.10. The van der Waals surface area contributed by atoms with Crippen molar-refractivity contribution in [2.45, 2.75) is 6.61 Å². The molecule has 0 aliphatic rings. The van der Waals surface area contributed by atoms with Crippen LogP contribution in [0.25, 0.3) is 11.0 Å². The van der Waals surface area contributed by atoms with E-state index in [1.165, 1.54) is 18.3 Å². The van der Waals surface area contributed by atoms with Crippen LogP contribution in [-0.4, -0.2) is 23.2 Å². The second-order valence-corrected chi connectivity index (χ2v) is 8.83. The molecule has 34 heavy (non-hydrogen) atoms. The number of carbonyl (C=O) groups is 2. The Kier molecular flexibility index (Phi) is 7.21. The molecular formula is C24H15BrCl2N2O5. The number of carbonyl (C=O) groups excluding carboxylic acids is 1. The van der Waals surface area contributed by atoms with Crippen LogP contribution < -0.4 is 10.2 Å². The van der Waals surface area contributed by atoms with Gasteiger partial charge in [0, 0.05) is 9.86 Å². The van der Waals surface area contributed by atoms with Crippen LogP contribution in [0.3, 0.4) is 0 Å². The number of rotatable bonds is 7. The van der Waals surface area contributed by atoms with E-state index in [0.717, 1.165) is 15.4 Å². The molecule has 0 radical (unpaired) electrons. The lowest BCUT2D eigenvalue weighted by Gasteiger charge is -2.11. The van der Waals surface area contributed by atoms with E-state index in [1.54, 1.807) is 36.4 Å². The molecule has 172 valence electrons. The first-order valence-corrected chi connectivity index (χ1v) is 11.3. The number of fused-ring (bicyclic) bond motifs is 1. The summed E-state index contributed by atoms with van der Waals surface area (Å²) in [6.07, 6.45) is 1.39. The van der Waals surface area contributed by atoms with E-state index >= 15 is 0 Å². The van der Waals surface area contributed by atoms with Crippen LogP contribution in [0.5, 0.6) is 5.75 Å². The Hall–Kier alpha value is -3.33. The minimum atomic E-state index is -1.00. The van der Waals surface area contributed by atoms with Crippen molar-refractivity contribution in [1.82, 2.24) is 5.43 Å². The van der Waals surface area contributed by atoms with Gasteiger partial charge in [0.05, 0.1) is 21.8 Å². The fraction of sp³-hybridized carbons (Fsp3) is 0.0417. The first-order chi connectivity index (χ1) is 16.3. The molecule has 2 N–H and O–H groups in total. The number of halogens is 3. The maximum Gasteiger partial charge on any atom is 0.335 e. The van der Waals surface area contributed by atoms with Gasteiger partial charge in [-0.15, -0.1) is 0 Å². The van der Waals surface area contributed by atoms with Gasteiger partial charge in [0.15, 0.2) is 11.5 Å². The summed E-state index contributed by atoms with van der Waals surface area (Å²) in [6.45, 7) is 0.150. The zero-order valence-corrected chi connectivity index (χ0v) is 20.3. The molecule has 1 aromatic heterocycles. The molecule has 1 heterocycles. The van der Waals surface area contributed by atoms with E-state index < -0.39 is 11.9 Å². The number of hydrogen-bond donors (Lipinski definition) is 2. The highest BCUT2D eigenvalue weighted by Crippen LogP contribution is 2.34. The lowest BCUT2D eigenvalue weighted by Crippen LogP contribution is -2.16. The van der Waals surface area contributed by atoms with Gasteiger partial charge in [-0.3, -0.25) is 4.79 Å². The largest absolute Gasteiger partial charge is 0.486 e. The van der Waals surface area contributed by atoms with E-state index in [1.807, 2.05) is 12.1 Å². The third-order valence-corrected chi connectivity index (χ3v) is 5.74. The molecule has 3 aromatic carbocycles. The first kappa shape index (κ1) is 23.8. The molecule has 0 fully saturated rings. The predicted octanol–water partition coefficient (Wildman–Crippen LogP) is 6.54. The normalized spacial score (nSPS) is 11.1. The molecule has 0 saturated carbocycles. The number of nitrogens with zero attached hydrogens (tertiary/aromatic N) is 1. The van der Waals surface area contributed by atoms with Crippen molar-refractivity contribution in [1.29, 1.82) is 0 Å². The third-order valence-electron chi connectivity index (χ3n) is 4.69. The van der Waals surface area contributed by atoms with Crippen LogP contribution in [0, 0.1) is 0 Å². The second kappa shape index (κ2) is 10.3. The summed E-state index contributed by atoms with van der Waals surface area (Å²) in [5.74, 6) is -1.10. The summed E-state index contributed by atoms with van der Waals surface area (Å²) in [6, 6.07) is 16.5. The molecule has 4 rings (SSSR count). The maximum absolute atomic E-state index is 12.3. The molecule has 0 saturated heterocycles. The number of amides is 1. The highest BCUT2D eigenvalue weighted by molar-refractivity contribution is 9.10. The molecule has 0 bridgehead atoms. The monoisotopic (exact) mass is 560 g/mol. The topological polar surface area (TPSA) is 101 Å². The fourth-order valence-electron chi connectivity index (χ4n) is 3.04. The maximum atomic E-state index is 12.3. The van der Waals surface area contributed by atoms with E-state index in [9.17, 15) is 9.59 Å². The molecule has 1 amide bonds. The summed E-state index contributed by atoms with van der Waals surface area (Å²) in [5.41, 5.74) is 4.47. The first-order valence-electron chi connectivity index (χ1n) is 9.77. The lowest BCUT2D eigenvalue weighted by molar-refractivity contribution is 0.0696. The van der Waals surface area contributed by atoms with Gasteiger partial charge in [-0.1, -0.05) is 51.3 Å². The van der Waals surface area contributed by atoms with E-state index in [-0.39, 0.29) is 33.7 Å². The van der Waals surface area contributed by atoms with Gasteiger partial charge in [0.2, 0.25) is 0 Å². The van der Waals surface area contributed by atoms with Crippen LogP contribution in [0.15, 0.2) is 74.7 Å². The van der Waals surface area contributed by atoms with Crippen LogP contribution in [-0.2, 0) is 6.61 Å². The molecule has 0 unspecified atom stereocenters. The van der Waals surface area contributed by atoms with Gasteiger partial charge in [0.25, 0.3) is 0 Å². The van der Waals surface area contributed by atoms with Crippen molar-refractivity contribution >= 4 is 68.2 Å². The Bertz CT molecular complexity index is 1390. The van der Waals surface area contributed by atoms with Gasteiger partial charge in [-0.05, 0) is 59.7 Å². The van der Waals surface area contributed by atoms with Crippen LogP contribution in [0.1, 0.15) is 32.0 Å². The Labute approximate surface area is 212 Å². The summed E-state index contributed by atoms with van der Waals surface area (Å²) >= 11 is 16.0. The number of carboxylic acids is 1. The molecule has 0 aliphatic heterocycles. The fourth-order valence-corrected chi connectivity index (χ4v) is 4.03. The van der Waals surface area contributed by atoms with E-state index in [2.05, 4.69) is 26.5 Å². The zero-order valence-electron chi connectivity index (χ0n) is 17.2. The number of nitrogens with one attached hydrogen (secondary N) is 1. The summed E-state index contributed by atoms with van der Waals surface area (Å²) in [5, 5.41) is 14.2. The molecule has 7 nitrogen and oxygen atoms in total. The summed E-state index contributed by atoms with van der Waals surface area (Å²) in [7, 11) is 0. The van der Waals surface area contributed by atoms with Gasteiger partial charge in [-0.2, -0.15) is 5.10 Å². The number of carboxylic acid groups (broad SMARTS) is 1. The van der Waals surface area contributed by atoms with Crippen molar-refractivity contribution in [3.05, 3.63) is 97.6 Å². The average molecular weight is 562 g/mol. The molecule has 0 atom stereocenters. The quantitative estimate of drug-likeness (QED) is 0.197. The van der Waals surface area contributed by atoms with Gasteiger partial charge in [-0.25, -0.2) is 10.2 Å². The predicted molar refractivity (Wildman–Crippen MR) is 133 cm³/mol. The van der Waals surface area contributed by atoms with Crippen LogP contribution in [0.2, 0.25) is 10.0 Å². The Morgan fingerprint density at radius 3 is 2.44 bits per heavy atom. The smallest absolute Gasteiger partial charge is 0.335 e. The highest BCUT2D eigenvalue weighted by atomic mass is 79.9. The van der Waals surface area contributed by atoms with Crippen molar-refractivity contribution in [3.8, 4) is 5.75 Å². The minimum Gasteiger partial charge on any atom is -0.486 e. The number of aromatic carboxylic acids is 1. The molecule has 0 aliphatic carbocycles. The summed E-state index contributed by atoms with van der Waals surface area (Å²) in [4.78, 5) is 23.3. The number of furan rings is 1. The minimum absolute atomic E-state index is 0.126. The number of hydrazone groups is 1. The third kappa shape index (κ3) is 5.59. The summed E-state index contributed by atoms with van der Waals surface area (Å²) < 4.78 is 12.1. The number of hydrogen-bond acceptors (Lipinski definition) is 5. The Morgan fingerprint density at radius 1 is 1.06 bits per heavy atom. The lowest BCUT2D eigenvalue weighted by atomic mass is 10.1. The Morgan fingerprint density at radius 2 is 1.76 bits per heavy atom. The number of ether oxygens (including phenoxy) is 1. The Balaban J connectivity index is 1.39. The molecule has 10 heteroatoms. The van der Waals surface area contributed by atoms with Crippen molar-refractivity contribution in [3.63, 3.8) is 0 Å². The molecule has 4 aromatic rings. The van der Waals surface area contributed by atoms with Gasteiger partial charge < -0.3 is 14.3 Å². The van der Waals surface area contributed by atoms with Crippen molar-refractivity contribution in [2.75, 3.05) is 0 Å². The highest BCUT2D eigenvalue weighted by Gasteiger charge is 2.13. The van der Waals surface area contributed by atoms with Gasteiger partial charge >= 0.3 is 11.9 Å². The van der Waals surface area contributed by atoms with Crippen LogP contribution in [0.4, 0.5) is 0 Å². The van der Waals surface area contributed by atoms with Crippen molar-refractivity contribution < 1.29 is 23.8 Å². The van der Waals surface area contributed by atoms with Gasteiger partial charge in [0.1, 0.15) is 12.2 Å². The molecular weight excluding hydrogens is 547 g/mol. The van der Waals surface area contributed by atoms with E-state index in [0.29, 0.717) is 11.1 Å². The average Bonchev–Trinajstić information content (AvgIpc) is 3.22. The standard InChI is InChI=1S/C24H15BrCl2N2O5/c25-17-5-6-20-16(9-17)10-21(34-20)23(30)29-28-11-14-7-18(26)22(19(27)8-14)33-12-13-1-3-15(4-2-13)24(31)32/h1-11H,12H2,(H,29,30)(H,31,32)/b28-11+. The van der Waals surface area contributed by atoms with Crippen LogP contribution >= 0.6 is 39.1 Å². The van der Waals surface area contributed by atoms with Crippen molar-refractivity contribution in [2.24, 2.45) is 5.10 Å².